The van der Waals surface area contributed by atoms with Crippen LogP contribution in [-0.4, -0.2) is 35.1 Å². The van der Waals surface area contributed by atoms with Gasteiger partial charge in [0.1, 0.15) is 5.82 Å². The minimum absolute atomic E-state index is 0.157. The zero-order valence-corrected chi connectivity index (χ0v) is 11.4. The summed E-state index contributed by atoms with van der Waals surface area (Å²) in [5.74, 6) is -2.00. The van der Waals surface area contributed by atoms with E-state index in [1.54, 1.807) is 0 Å². The van der Waals surface area contributed by atoms with Gasteiger partial charge in [0.05, 0.1) is 5.92 Å². The predicted octanol–water partition coefficient (Wildman–Crippen LogP) is 2.81. The van der Waals surface area contributed by atoms with Crippen molar-refractivity contribution >= 4 is 29.3 Å². The van der Waals surface area contributed by atoms with E-state index in [4.69, 9.17) is 16.7 Å². The Balaban J connectivity index is 2.02. The van der Waals surface area contributed by atoms with E-state index in [2.05, 4.69) is 5.32 Å². The first kappa shape index (κ1) is 14.6. The number of nitrogens with one attached hydrogen (secondary N) is 1. The molecule has 0 unspecified atom stereocenters. The standard InChI is InChI=1S/C13H14ClFN2O3/c14-9-4-10(15)6-11(5-9)16-13(20)17-3-1-2-8(7-17)12(18)19/h4-6,8H,1-3,7H2,(H,16,20)(H,18,19)/t8-/m0/s1. The van der Waals surface area contributed by atoms with Crippen molar-refractivity contribution in [3.8, 4) is 0 Å². The topological polar surface area (TPSA) is 69.6 Å². The third kappa shape index (κ3) is 3.60. The first-order valence-corrected chi connectivity index (χ1v) is 6.58. The molecule has 1 aliphatic heterocycles. The van der Waals surface area contributed by atoms with Gasteiger partial charge in [0.25, 0.3) is 0 Å². The van der Waals surface area contributed by atoms with Gasteiger partial charge in [0.15, 0.2) is 0 Å². The number of benzene rings is 1. The van der Waals surface area contributed by atoms with Crippen molar-refractivity contribution in [2.75, 3.05) is 18.4 Å². The Morgan fingerprint density at radius 2 is 2.15 bits per heavy atom. The van der Waals surface area contributed by atoms with Crippen molar-refractivity contribution in [3.05, 3.63) is 29.0 Å². The summed E-state index contributed by atoms with van der Waals surface area (Å²) >= 11 is 5.70. The van der Waals surface area contributed by atoms with Crippen molar-refractivity contribution in [1.82, 2.24) is 4.90 Å². The second-order valence-corrected chi connectivity index (χ2v) is 5.15. The van der Waals surface area contributed by atoms with Crippen LogP contribution >= 0.6 is 11.6 Å². The Labute approximate surface area is 120 Å². The Hall–Kier alpha value is -1.82. The van der Waals surface area contributed by atoms with Crippen LogP contribution in [-0.2, 0) is 4.79 Å². The predicted molar refractivity (Wildman–Crippen MR) is 72.4 cm³/mol. The van der Waals surface area contributed by atoms with Gasteiger partial charge >= 0.3 is 12.0 Å². The number of aliphatic carboxylic acids is 1. The molecule has 0 radical (unpaired) electrons. The van der Waals surface area contributed by atoms with Crippen LogP contribution in [0.2, 0.25) is 5.02 Å². The summed E-state index contributed by atoms with van der Waals surface area (Å²) in [7, 11) is 0. The number of nitrogens with zero attached hydrogens (tertiary/aromatic N) is 1. The Bertz CT molecular complexity index is 518. The second-order valence-electron chi connectivity index (χ2n) is 4.71. The van der Waals surface area contributed by atoms with E-state index in [1.807, 2.05) is 0 Å². The normalized spacial score (nSPS) is 18.7. The van der Waals surface area contributed by atoms with Gasteiger partial charge in [-0.3, -0.25) is 4.79 Å². The van der Waals surface area contributed by atoms with Crippen molar-refractivity contribution < 1.29 is 19.1 Å². The SMILES string of the molecule is O=C(O)[C@H]1CCCN(C(=O)Nc2cc(F)cc(Cl)c2)C1. The highest BCUT2D eigenvalue weighted by atomic mass is 35.5. The molecule has 7 heteroatoms. The molecule has 1 fully saturated rings. The van der Waals surface area contributed by atoms with Crippen LogP contribution in [0.3, 0.4) is 0 Å². The quantitative estimate of drug-likeness (QED) is 0.882. The average molecular weight is 301 g/mol. The summed E-state index contributed by atoms with van der Waals surface area (Å²) < 4.78 is 13.2. The molecule has 0 aromatic heterocycles. The van der Waals surface area contributed by atoms with E-state index in [9.17, 15) is 14.0 Å². The van der Waals surface area contributed by atoms with Crippen LogP contribution in [0.1, 0.15) is 12.8 Å². The van der Waals surface area contributed by atoms with Gasteiger partial charge in [0.2, 0.25) is 0 Å². The van der Waals surface area contributed by atoms with Gasteiger partial charge in [-0.15, -0.1) is 0 Å². The van der Waals surface area contributed by atoms with E-state index >= 15 is 0 Å². The lowest BCUT2D eigenvalue weighted by Gasteiger charge is -2.30. The molecule has 0 aliphatic carbocycles. The van der Waals surface area contributed by atoms with Crippen LogP contribution in [0, 0.1) is 11.7 Å². The molecule has 2 amide bonds. The Morgan fingerprint density at radius 1 is 1.40 bits per heavy atom. The molecule has 2 rings (SSSR count). The average Bonchev–Trinajstić information content (AvgIpc) is 2.37. The van der Waals surface area contributed by atoms with E-state index in [0.717, 1.165) is 12.1 Å². The number of amides is 2. The van der Waals surface area contributed by atoms with Gasteiger partial charge in [-0.1, -0.05) is 11.6 Å². The maximum absolute atomic E-state index is 13.2. The molecule has 5 nitrogen and oxygen atoms in total. The first-order valence-electron chi connectivity index (χ1n) is 6.20. The highest BCUT2D eigenvalue weighted by Gasteiger charge is 2.28. The number of hydrogen-bond donors (Lipinski definition) is 2. The number of anilines is 1. The third-order valence-corrected chi connectivity index (χ3v) is 3.39. The highest BCUT2D eigenvalue weighted by molar-refractivity contribution is 6.30. The number of carboxylic acid groups (broad SMARTS) is 1. The Kier molecular flexibility index (Phi) is 4.44. The minimum atomic E-state index is -0.906. The summed E-state index contributed by atoms with van der Waals surface area (Å²) in [5.41, 5.74) is 0.248. The molecule has 108 valence electrons. The van der Waals surface area contributed by atoms with E-state index < -0.39 is 23.7 Å². The number of halogens is 2. The molecule has 1 aliphatic rings. The molecule has 1 atom stereocenters. The smallest absolute Gasteiger partial charge is 0.321 e. The van der Waals surface area contributed by atoms with Crippen LogP contribution < -0.4 is 5.32 Å². The van der Waals surface area contributed by atoms with Gasteiger partial charge in [-0.05, 0) is 31.0 Å². The fourth-order valence-corrected chi connectivity index (χ4v) is 2.41. The molecule has 2 N–H and O–H groups in total. The monoisotopic (exact) mass is 300 g/mol. The lowest BCUT2D eigenvalue weighted by molar-refractivity contribution is -0.143. The highest BCUT2D eigenvalue weighted by Crippen LogP contribution is 2.20. The van der Waals surface area contributed by atoms with E-state index in [-0.39, 0.29) is 17.3 Å². The first-order chi connectivity index (χ1) is 9.45. The number of carboxylic acids is 1. The molecule has 0 bridgehead atoms. The second kappa shape index (κ2) is 6.09. The number of hydrogen-bond acceptors (Lipinski definition) is 2. The third-order valence-electron chi connectivity index (χ3n) is 3.17. The summed E-state index contributed by atoms with van der Waals surface area (Å²) in [4.78, 5) is 24.4. The lowest BCUT2D eigenvalue weighted by atomic mass is 9.99. The number of piperidine rings is 1. The Morgan fingerprint density at radius 3 is 2.80 bits per heavy atom. The molecule has 1 saturated heterocycles. The molecule has 0 saturated carbocycles. The fourth-order valence-electron chi connectivity index (χ4n) is 2.19. The zero-order chi connectivity index (χ0) is 14.7. The van der Waals surface area contributed by atoms with Gasteiger partial charge in [-0.25, -0.2) is 9.18 Å². The molecule has 20 heavy (non-hydrogen) atoms. The van der Waals surface area contributed by atoms with Crippen molar-refractivity contribution in [2.24, 2.45) is 5.92 Å². The number of carbonyl (C=O) groups is 2. The molecule has 1 aromatic carbocycles. The molecular weight excluding hydrogens is 287 g/mol. The molecule has 1 aromatic rings. The van der Waals surface area contributed by atoms with Crippen molar-refractivity contribution in [3.63, 3.8) is 0 Å². The maximum atomic E-state index is 13.2. The summed E-state index contributed by atoms with van der Waals surface area (Å²) in [6.45, 7) is 0.642. The van der Waals surface area contributed by atoms with Gasteiger partial charge < -0.3 is 15.3 Å². The van der Waals surface area contributed by atoms with E-state index in [0.29, 0.717) is 19.4 Å². The number of carbonyl (C=O) groups excluding carboxylic acids is 1. The van der Waals surface area contributed by atoms with Crippen molar-refractivity contribution in [2.45, 2.75) is 12.8 Å². The summed E-state index contributed by atoms with van der Waals surface area (Å²) in [6.07, 6.45) is 1.19. The fraction of sp³-hybridized carbons (Fsp3) is 0.385. The van der Waals surface area contributed by atoms with E-state index in [1.165, 1.54) is 11.0 Å². The zero-order valence-electron chi connectivity index (χ0n) is 10.6. The van der Waals surface area contributed by atoms with Crippen LogP contribution in [0.4, 0.5) is 14.9 Å². The largest absolute Gasteiger partial charge is 0.481 e. The van der Waals surface area contributed by atoms with Crippen LogP contribution in [0.15, 0.2) is 18.2 Å². The molecular formula is C13H14ClFN2O3. The number of urea groups is 1. The number of rotatable bonds is 2. The summed E-state index contributed by atoms with van der Waals surface area (Å²) in [6, 6.07) is 3.28. The van der Waals surface area contributed by atoms with Crippen LogP contribution in [0.25, 0.3) is 0 Å². The van der Waals surface area contributed by atoms with Gasteiger partial charge in [0, 0.05) is 23.8 Å². The van der Waals surface area contributed by atoms with Crippen LogP contribution in [0.5, 0.6) is 0 Å². The van der Waals surface area contributed by atoms with Crippen molar-refractivity contribution in [1.29, 1.82) is 0 Å². The lowest BCUT2D eigenvalue weighted by Crippen LogP contribution is -2.44. The molecule has 0 spiro atoms. The van der Waals surface area contributed by atoms with Gasteiger partial charge in [-0.2, -0.15) is 0 Å². The number of likely N-dealkylation sites (tertiary alicyclic amines) is 1. The summed E-state index contributed by atoms with van der Waals surface area (Å²) in [5, 5.41) is 11.7. The molecule has 1 heterocycles. The minimum Gasteiger partial charge on any atom is -0.481 e. The maximum Gasteiger partial charge on any atom is 0.321 e.